The van der Waals surface area contributed by atoms with Crippen LogP contribution >= 0.6 is 39.1 Å². The molecule has 2 saturated heterocycles. The van der Waals surface area contributed by atoms with Crippen LogP contribution in [0.4, 0.5) is 5.82 Å². The Hall–Kier alpha value is -2.46. The fraction of sp³-hybridized carbons (Fsp3) is 0.550. The van der Waals surface area contributed by atoms with E-state index in [0.29, 0.717) is 0 Å². The van der Waals surface area contributed by atoms with Crippen molar-refractivity contribution in [1.29, 1.82) is 0 Å². The molecule has 308 valence electrons. The number of rotatable bonds is 16. The summed E-state index contributed by atoms with van der Waals surface area (Å²) >= 11 is 0. The summed E-state index contributed by atoms with van der Waals surface area (Å²) in [5.41, 5.74) is 4.32. The molecule has 35 heteroatoms. The van der Waals surface area contributed by atoms with Crippen LogP contribution in [0.2, 0.25) is 0 Å². The number of phosphoric acid groups is 5. The van der Waals surface area contributed by atoms with Crippen molar-refractivity contribution < 1.29 is 98.4 Å². The first-order valence-corrected chi connectivity index (χ1v) is 22.1. The molecule has 0 aliphatic carbocycles. The lowest BCUT2D eigenvalue weighted by Gasteiger charge is -2.22. The fourth-order valence-electron chi connectivity index (χ4n) is 4.94. The number of hydrogen-bond acceptors (Lipinski definition) is 22. The molecule has 0 radical (unpaired) electrons. The summed E-state index contributed by atoms with van der Waals surface area (Å²) < 4.78 is 98.1. The number of H-pyrrole nitrogens is 1. The Balaban J connectivity index is 1.12. The maximum Gasteiger partial charge on any atom is 0.490 e. The molecule has 0 aromatic carbocycles. The van der Waals surface area contributed by atoms with Crippen molar-refractivity contribution in [3.8, 4) is 0 Å². The average molecular weight is 891 g/mol. The Morgan fingerprint density at radius 1 is 0.800 bits per heavy atom. The molecule has 0 amide bonds. The summed E-state index contributed by atoms with van der Waals surface area (Å²) in [5.74, 6) is -0.0386. The normalized spacial score (nSPS) is 29.9. The van der Waals surface area contributed by atoms with E-state index in [-0.39, 0.29) is 29.0 Å². The minimum atomic E-state index is -6.43. The molecule has 2 aliphatic rings. The van der Waals surface area contributed by atoms with Crippen LogP contribution in [0, 0.1) is 6.92 Å². The van der Waals surface area contributed by atoms with Crippen molar-refractivity contribution in [3.05, 3.63) is 45.3 Å². The van der Waals surface area contributed by atoms with Gasteiger partial charge in [0.1, 0.15) is 42.5 Å². The highest BCUT2D eigenvalue weighted by atomic mass is 31.3. The Morgan fingerprint density at radius 3 is 1.93 bits per heavy atom. The number of ether oxygens (including phenoxy) is 2. The van der Waals surface area contributed by atoms with Gasteiger partial charge in [0.25, 0.3) is 5.56 Å². The van der Waals surface area contributed by atoms with Crippen LogP contribution in [0.25, 0.3) is 11.2 Å². The van der Waals surface area contributed by atoms with Crippen molar-refractivity contribution in [2.24, 2.45) is 0 Å². The largest absolute Gasteiger partial charge is 0.490 e. The number of aryl methyl sites for hydroxylation is 1. The molecule has 5 unspecified atom stereocenters. The highest BCUT2D eigenvalue weighted by Crippen LogP contribution is 2.73. The van der Waals surface area contributed by atoms with Gasteiger partial charge < -0.3 is 55.0 Å². The summed E-state index contributed by atoms with van der Waals surface area (Å²) in [6, 6.07) is 0. The minimum Gasteiger partial charge on any atom is -0.390 e. The van der Waals surface area contributed by atoms with E-state index in [9.17, 15) is 72.2 Å². The molecule has 5 rings (SSSR count). The molecular weight excluding hydrogens is 861 g/mol. The molecule has 5 heterocycles. The Labute approximate surface area is 304 Å². The van der Waals surface area contributed by atoms with E-state index in [1.807, 2.05) is 4.98 Å². The third-order valence-electron chi connectivity index (χ3n) is 7.29. The molecule has 30 nitrogen and oxygen atoms in total. The highest BCUT2D eigenvalue weighted by molar-refractivity contribution is 7.71. The lowest BCUT2D eigenvalue weighted by molar-refractivity contribution is -0.0503. The SMILES string of the molecule is Cc1cn([C@H]2C[C@@H](O)[C@H](COP(=O)(O)OP(=O)(O)OP(=O)(O)OP(=O)(O)OP(=O)(O)OC[C@@H]3O[C@@H](n4cnc5c(N)ncnc54)[C@H](O)[C@H]3O)O2)c(=O)[nH]c1=O. The second-order valence-electron chi connectivity index (χ2n) is 11.3. The number of imidazole rings is 1. The van der Waals surface area contributed by atoms with Crippen molar-refractivity contribution in [3.63, 3.8) is 0 Å². The number of aromatic amines is 1. The third-order valence-corrected chi connectivity index (χ3v) is 14.8. The van der Waals surface area contributed by atoms with Gasteiger partial charge in [-0.25, -0.2) is 42.6 Å². The third kappa shape index (κ3) is 10.7. The van der Waals surface area contributed by atoms with Crippen LogP contribution in [0.3, 0.4) is 0 Å². The van der Waals surface area contributed by atoms with Gasteiger partial charge in [-0.05, 0) is 6.92 Å². The first-order valence-electron chi connectivity index (χ1n) is 14.7. The summed E-state index contributed by atoms with van der Waals surface area (Å²) in [4.78, 5) is 86.4. The van der Waals surface area contributed by atoms with Gasteiger partial charge in [0, 0.05) is 18.2 Å². The van der Waals surface area contributed by atoms with Crippen molar-refractivity contribution in [1.82, 2.24) is 29.1 Å². The van der Waals surface area contributed by atoms with Crippen molar-refractivity contribution in [2.75, 3.05) is 18.9 Å². The Bertz CT molecular complexity index is 2280. The number of aliphatic hydroxyl groups excluding tert-OH is 3. The van der Waals surface area contributed by atoms with E-state index >= 15 is 0 Å². The van der Waals surface area contributed by atoms with Crippen LogP contribution in [-0.4, -0.2) is 113 Å². The zero-order chi connectivity index (χ0) is 40.9. The number of nitrogens with zero attached hydrogens (tertiary/aromatic N) is 5. The Morgan fingerprint density at radius 2 is 1.35 bits per heavy atom. The highest BCUT2D eigenvalue weighted by Gasteiger charge is 2.50. The van der Waals surface area contributed by atoms with Gasteiger partial charge in [-0.1, -0.05) is 0 Å². The lowest BCUT2D eigenvalue weighted by Crippen LogP contribution is -2.33. The summed E-state index contributed by atoms with van der Waals surface area (Å²) in [7, 11) is -30.7. The second kappa shape index (κ2) is 16.1. The van der Waals surface area contributed by atoms with E-state index in [4.69, 9.17) is 15.2 Å². The van der Waals surface area contributed by atoms with E-state index in [0.717, 1.165) is 28.0 Å². The van der Waals surface area contributed by atoms with E-state index in [2.05, 4.69) is 41.2 Å². The average Bonchev–Trinajstić information content (AvgIpc) is 3.70. The lowest BCUT2D eigenvalue weighted by atomic mass is 10.1. The second-order valence-corrected chi connectivity index (χ2v) is 19.1. The van der Waals surface area contributed by atoms with Crippen LogP contribution in [-0.2, 0) is 58.6 Å². The number of fused-ring (bicyclic) bond motifs is 1. The van der Waals surface area contributed by atoms with Gasteiger partial charge in [-0.2, -0.15) is 17.2 Å². The molecule has 0 spiro atoms. The number of aliphatic hydroxyl groups is 3. The maximum atomic E-state index is 12.4. The molecule has 2 fully saturated rings. The quantitative estimate of drug-likeness (QED) is 0.0705. The molecule has 3 aromatic rings. The van der Waals surface area contributed by atoms with Gasteiger partial charge in [-0.3, -0.25) is 28.0 Å². The van der Waals surface area contributed by atoms with Crippen LogP contribution in [0.1, 0.15) is 24.4 Å². The monoisotopic (exact) mass is 891 g/mol. The summed E-state index contributed by atoms with van der Waals surface area (Å²) in [5, 5.41) is 31.1. The van der Waals surface area contributed by atoms with Gasteiger partial charge in [0.15, 0.2) is 17.7 Å². The molecular formula is C20H30N7O23P5. The molecule has 55 heavy (non-hydrogen) atoms. The molecule has 2 aliphatic heterocycles. The Kier molecular flexibility index (Phi) is 12.7. The minimum absolute atomic E-state index is 0.0386. The zero-order valence-electron chi connectivity index (χ0n) is 27.1. The molecule has 0 bridgehead atoms. The van der Waals surface area contributed by atoms with Gasteiger partial charge in [-0.15, -0.1) is 0 Å². The molecule has 12 atom stereocenters. The van der Waals surface area contributed by atoms with Gasteiger partial charge in [0.2, 0.25) is 0 Å². The van der Waals surface area contributed by atoms with Crippen LogP contribution < -0.4 is 17.0 Å². The number of nitrogens with one attached hydrogen (secondary N) is 1. The van der Waals surface area contributed by atoms with E-state index in [1.165, 1.54) is 6.92 Å². The zero-order valence-corrected chi connectivity index (χ0v) is 31.6. The van der Waals surface area contributed by atoms with Gasteiger partial charge >= 0.3 is 44.8 Å². The smallest absolute Gasteiger partial charge is 0.390 e. The molecule has 3 aromatic heterocycles. The summed E-state index contributed by atoms with van der Waals surface area (Å²) in [6.07, 6.45) is -7.94. The van der Waals surface area contributed by atoms with Crippen molar-refractivity contribution in [2.45, 2.75) is 56.3 Å². The predicted molar refractivity (Wildman–Crippen MR) is 172 cm³/mol. The number of anilines is 1. The van der Waals surface area contributed by atoms with Gasteiger partial charge in [0.05, 0.1) is 25.6 Å². The predicted octanol–water partition coefficient (Wildman–Crippen LogP) is -1.86. The standard InChI is InChI=1S/C20H30N7O23P5/c1-8-3-26(20(32)25-18(8)31)12-2-9(28)10(45-12)4-43-51(33,34)47-53(37,38)49-55(41,42)50-54(39,40)48-52(35,36)44-5-11-14(29)15(30)19(46-11)27-7-24-13-16(21)22-6-23-17(13)27/h3,6-7,9-12,14-15,19,28-30H,2,4-5H2,1H3,(H,33,34)(H,35,36)(H,37,38)(H,39,40)(H,41,42)(H2,21,22,23)(H,25,31,32)/t9-,10+,11+,12-,14+,15-,19-/m1/s1. The van der Waals surface area contributed by atoms with E-state index < -0.39 is 107 Å². The number of aromatic nitrogens is 6. The number of nitrogen functional groups attached to an aromatic ring is 1. The molecule has 0 saturated carbocycles. The fourth-order valence-corrected chi connectivity index (χ4v) is 11.3. The first kappa shape index (κ1) is 43.7. The summed E-state index contributed by atoms with van der Waals surface area (Å²) in [6.45, 7) is -0.894. The maximum absolute atomic E-state index is 12.4. The van der Waals surface area contributed by atoms with Crippen molar-refractivity contribution >= 4 is 56.1 Å². The van der Waals surface area contributed by atoms with E-state index in [1.54, 1.807) is 0 Å². The molecule has 11 N–H and O–H groups in total. The number of phosphoric ester groups is 2. The first-order chi connectivity index (χ1) is 25.3. The number of nitrogens with two attached hydrogens (primary N) is 1. The number of hydrogen-bond donors (Lipinski definition) is 10. The van der Waals surface area contributed by atoms with Crippen LogP contribution in [0.5, 0.6) is 0 Å². The van der Waals surface area contributed by atoms with Crippen LogP contribution in [0.15, 0.2) is 28.4 Å². The topological polar surface area (TPSA) is 446 Å².